The number of anilines is 1. The van der Waals surface area contributed by atoms with Crippen molar-refractivity contribution in [3.05, 3.63) is 47.3 Å². The Morgan fingerprint density at radius 2 is 1.93 bits per heavy atom. The minimum atomic E-state index is 0.913. The summed E-state index contributed by atoms with van der Waals surface area (Å²) in [5.74, 6) is 1.83. The average Bonchev–Trinajstić information content (AvgIpc) is 2.74. The molecule has 3 heterocycles. The summed E-state index contributed by atoms with van der Waals surface area (Å²) in [7, 11) is 1.72. The molecule has 0 aliphatic carbocycles. The van der Waals surface area contributed by atoms with Crippen molar-refractivity contribution in [3.63, 3.8) is 0 Å². The van der Waals surface area contributed by atoms with Crippen LogP contribution >= 0.6 is 0 Å². The maximum absolute atomic E-state index is 5.35. The zero-order valence-corrected chi connectivity index (χ0v) is 17.1. The van der Waals surface area contributed by atoms with Crippen molar-refractivity contribution in [2.75, 3.05) is 51.3 Å². The number of benzene rings is 1. The summed E-state index contributed by atoms with van der Waals surface area (Å²) >= 11 is 0. The standard InChI is InChI=1S/C22H31N5O/c1-3-8-25-10-12-27(13-11-25)22-23-15-19-17-26(9-7-21(19)24-22)16-18-5-4-6-20(14-18)28-2/h4-6,14-15H,3,7-13,16-17H2,1-2H3. The molecule has 0 N–H and O–H groups in total. The van der Waals surface area contributed by atoms with Crippen molar-refractivity contribution in [1.29, 1.82) is 0 Å². The minimum absolute atomic E-state index is 0.913. The van der Waals surface area contributed by atoms with Crippen molar-refractivity contribution in [2.24, 2.45) is 0 Å². The molecule has 2 aromatic rings. The van der Waals surface area contributed by atoms with Crippen molar-refractivity contribution in [3.8, 4) is 5.75 Å². The molecule has 6 heteroatoms. The number of ether oxygens (including phenoxy) is 1. The van der Waals surface area contributed by atoms with Gasteiger partial charge in [0.05, 0.1) is 12.8 Å². The Kier molecular flexibility index (Phi) is 6.07. The normalized spacial score (nSPS) is 18.1. The van der Waals surface area contributed by atoms with Crippen LogP contribution in [0.4, 0.5) is 5.95 Å². The van der Waals surface area contributed by atoms with Gasteiger partial charge in [-0.1, -0.05) is 19.1 Å². The zero-order valence-electron chi connectivity index (χ0n) is 17.1. The topological polar surface area (TPSA) is 44.7 Å². The maximum atomic E-state index is 5.35. The molecule has 0 atom stereocenters. The summed E-state index contributed by atoms with van der Waals surface area (Å²) in [6, 6.07) is 8.33. The van der Waals surface area contributed by atoms with E-state index in [0.29, 0.717) is 0 Å². The molecule has 1 saturated heterocycles. The first-order valence-corrected chi connectivity index (χ1v) is 10.4. The molecular weight excluding hydrogens is 350 g/mol. The lowest BCUT2D eigenvalue weighted by molar-refractivity contribution is 0.242. The third kappa shape index (κ3) is 4.45. The molecule has 0 amide bonds. The van der Waals surface area contributed by atoms with Crippen molar-refractivity contribution < 1.29 is 4.74 Å². The van der Waals surface area contributed by atoms with Gasteiger partial charge in [0.15, 0.2) is 0 Å². The summed E-state index contributed by atoms with van der Waals surface area (Å²) < 4.78 is 5.35. The zero-order chi connectivity index (χ0) is 19.3. The van der Waals surface area contributed by atoms with Gasteiger partial charge in [-0.05, 0) is 30.7 Å². The van der Waals surface area contributed by atoms with Crippen LogP contribution in [0.5, 0.6) is 5.75 Å². The highest BCUT2D eigenvalue weighted by molar-refractivity contribution is 5.35. The largest absolute Gasteiger partial charge is 0.497 e. The van der Waals surface area contributed by atoms with Gasteiger partial charge in [0.1, 0.15) is 5.75 Å². The monoisotopic (exact) mass is 381 g/mol. The first kappa shape index (κ1) is 19.2. The summed E-state index contributed by atoms with van der Waals surface area (Å²) in [4.78, 5) is 17.0. The Bertz CT molecular complexity index is 788. The van der Waals surface area contributed by atoms with Gasteiger partial charge in [-0.15, -0.1) is 0 Å². The summed E-state index contributed by atoms with van der Waals surface area (Å²) in [5.41, 5.74) is 3.77. The molecule has 1 aromatic carbocycles. The van der Waals surface area contributed by atoms with Gasteiger partial charge in [-0.3, -0.25) is 9.80 Å². The molecule has 6 nitrogen and oxygen atoms in total. The summed E-state index contributed by atoms with van der Waals surface area (Å²) in [5, 5.41) is 0. The van der Waals surface area contributed by atoms with E-state index in [9.17, 15) is 0 Å². The van der Waals surface area contributed by atoms with Crippen LogP contribution in [0.3, 0.4) is 0 Å². The van der Waals surface area contributed by atoms with Crippen LogP contribution in [-0.4, -0.2) is 66.1 Å². The Labute approximate surface area is 168 Å². The highest BCUT2D eigenvalue weighted by Gasteiger charge is 2.22. The number of rotatable bonds is 6. The predicted octanol–water partition coefficient (Wildman–Crippen LogP) is 2.58. The molecule has 0 bridgehead atoms. The van der Waals surface area contributed by atoms with Gasteiger partial charge >= 0.3 is 0 Å². The second-order valence-electron chi connectivity index (χ2n) is 7.78. The van der Waals surface area contributed by atoms with Crippen LogP contribution < -0.4 is 9.64 Å². The first-order valence-electron chi connectivity index (χ1n) is 10.4. The van der Waals surface area contributed by atoms with Crippen molar-refractivity contribution >= 4 is 5.95 Å². The third-order valence-corrected chi connectivity index (χ3v) is 5.74. The molecular formula is C22H31N5O. The lowest BCUT2D eigenvalue weighted by atomic mass is 10.1. The Hall–Kier alpha value is -2.18. The second kappa shape index (κ2) is 8.88. The maximum Gasteiger partial charge on any atom is 0.225 e. The van der Waals surface area contributed by atoms with Crippen molar-refractivity contribution in [1.82, 2.24) is 19.8 Å². The summed E-state index contributed by atoms with van der Waals surface area (Å²) in [6.45, 7) is 10.6. The fraction of sp³-hybridized carbons (Fsp3) is 0.545. The van der Waals surface area contributed by atoms with E-state index < -0.39 is 0 Å². The predicted molar refractivity (Wildman–Crippen MR) is 112 cm³/mol. The first-order chi connectivity index (χ1) is 13.7. The van der Waals surface area contributed by atoms with Crippen LogP contribution in [0.25, 0.3) is 0 Å². The fourth-order valence-electron chi connectivity index (χ4n) is 4.17. The highest BCUT2D eigenvalue weighted by atomic mass is 16.5. The van der Waals surface area contributed by atoms with Crippen LogP contribution in [-0.2, 0) is 19.5 Å². The van der Waals surface area contributed by atoms with Crippen LogP contribution in [0.2, 0.25) is 0 Å². The number of hydrogen-bond donors (Lipinski definition) is 0. The highest BCUT2D eigenvalue weighted by Crippen LogP contribution is 2.22. The molecule has 0 radical (unpaired) electrons. The van der Waals surface area contributed by atoms with E-state index in [2.05, 4.69) is 39.8 Å². The SMILES string of the molecule is CCCN1CCN(c2ncc3c(n2)CCN(Cc2cccc(OC)c2)C3)CC1. The average molecular weight is 382 g/mol. The van der Waals surface area contributed by atoms with E-state index in [1.165, 1.54) is 29.8 Å². The molecule has 0 unspecified atom stereocenters. The van der Waals surface area contributed by atoms with Gasteiger partial charge < -0.3 is 9.64 Å². The van der Waals surface area contributed by atoms with E-state index in [0.717, 1.165) is 63.9 Å². The molecule has 4 rings (SSSR count). The Balaban J connectivity index is 1.38. The van der Waals surface area contributed by atoms with Gasteiger partial charge in [0, 0.05) is 64.0 Å². The molecule has 2 aliphatic heterocycles. The van der Waals surface area contributed by atoms with Crippen LogP contribution in [0, 0.1) is 0 Å². The summed E-state index contributed by atoms with van der Waals surface area (Å²) in [6.07, 6.45) is 4.26. The van der Waals surface area contributed by atoms with Gasteiger partial charge in [-0.2, -0.15) is 0 Å². The molecule has 28 heavy (non-hydrogen) atoms. The van der Waals surface area contributed by atoms with Gasteiger partial charge in [-0.25, -0.2) is 9.97 Å². The van der Waals surface area contributed by atoms with Crippen LogP contribution in [0.15, 0.2) is 30.5 Å². The number of aromatic nitrogens is 2. The van der Waals surface area contributed by atoms with Crippen LogP contribution in [0.1, 0.15) is 30.2 Å². The van der Waals surface area contributed by atoms with E-state index >= 15 is 0 Å². The number of piperazine rings is 1. The minimum Gasteiger partial charge on any atom is -0.497 e. The van der Waals surface area contributed by atoms with E-state index in [1.54, 1.807) is 7.11 Å². The Morgan fingerprint density at radius 3 is 2.71 bits per heavy atom. The lowest BCUT2D eigenvalue weighted by Gasteiger charge is -2.35. The van der Waals surface area contributed by atoms with E-state index in [-0.39, 0.29) is 0 Å². The third-order valence-electron chi connectivity index (χ3n) is 5.74. The molecule has 1 aromatic heterocycles. The van der Waals surface area contributed by atoms with Crippen molar-refractivity contribution in [2.45, 2.75) is 32.9 Å². The smallest absolute Gasteiger partial charge is 0.225 e. The Morgan fingerprint density at radius 1 is 1.07 bits per heavy atom. The fourth-order valence-corrected chi connectivity index (χ4v) is 4.17. The van der Waals surface area contributed by atoms with Gasteiger partial charge in [0.2, 0.25) is 5.95 Å². The number of methoxy groups -OCH3 is 1. The van der Waals surface area contributed by atoms with E-state index in [4.69, 9.17) is 14.7 Å². The number of nitrogens with zero attached hydrogens (tertiary/aromatic N) is 5. The second-order valence-corrected chi connectivity index (χ2v) is 7.78. The number of fused-ring (bicyclic) bond motifs is 1. The van der Waals surface area contributed by atoms with Gasteiger partial charge in [0.25, 0.3) is 0 Å². The molecule has 150 valence electrons. The number of hydrogen-bond acceptors (Lipinski definition) is 6. The molecule has 1 fully saturated rings. The molecule has 2 aliphatic rings. The molecule has 0 saturated carbocycles. The lowest BCUT2D eigenvalue weighted by Crippen LogP contribution is -2.47. The quantitative estimate of drug-likeness (QED) is 0.766. The molecule has 0 spiro atoms. The van der Waals surface area contributed by atoms with E-state index in [1.807, 2.05) is 12.3 Å².